The molecule has 3 heteroatoms. The predicted molar refractivity (Wildman–Crippen MR) is 38.6 cm³/mol. The van der Waals surface area contributed by atoms with Gasteiger partial charge < -0.3 is 9.84 Å². The van der Waals surface area contributed by atoms with Crippen molar-refractivity contribution < 1.29 is 14.4 Å². The third-order valence-corrected chi connectivity index (χ3v) is 1.61. The number of rotatable bonds is 1. The van der Waals surface area contributed by atoms with Gasteiger partial charge in [-0.05, 0) is 6.08 Å². The Balaban J connectivity index is 2.65. The van der Waals surface area contributed by atoms with E-state index in [1.807, 2.05) is 13.1 Å². The number of methoxy groups -OCH3 is 1. The average Bonchev–Trinajstić information content (AvgIpc) is 1.95. The van der Waals surface area contributed by atoms with Crippen LogP contribution >= 0.6 is 0 Å². The number of aliphatic hydroxyl groups is 1. The van der Waals surface area contributed by atoms with Crippen LogP contribution in [0.1, 0.15) is 0 Å². The molecule has 0 aromatic carbocycles. The van der Waals surface area contributed by atoms with Gasteiger partial charge in [-0.15, -0.1) is 0 Å². The summed E-state index contributed by atoms with van der Waals surface area (Å²) in [5.41, 5.74) is 0. The number of nitrogens with zero attached hydrogens (tertiary/aromatic N) is 1. The Bertz CT molecular complexity index is 184. The van der Waals surface area contributed by atoms with Crippen molar-refractivity contribution in [1.82, 2.24) is 0 Å². The minimum Gasteiger partial charge on any atom is -0.460 e. The van der Waals surface area contributed by atoms with Gasteiger partial charge in [-0.3, -0.25) is 0 Å². The lowest BCUT2D eigenvalue weighted by Gasteiger charge is -2.10. The predicted octanol–water partition coefficient (Wildman–Crippen LogP) is 0.170. The number of aliphatic hydroxyl groups excluding tert-OH is 1. The first-order chi connectivity index (χ1) is 4.74. The van der Waals surface area contributed by atoms with Crippen molar-refractivity contribution in [3.8, 4) is 0 Å². The molecule has 0 spiro atoms. The van der Waals surface area contributed by atoms with Crippen LogP contribution in [0.3, 0.4) is 0 Å². The van der Waals surface area contributed by atoms with Crippen LogP contribution in [0, 0.1) is 0 Å². The molecule has 0 bridgehead atoms. The van der Waals surface area contributed by atoms with E-state index in [1.54, 1.807) is 17.8 Å². The van der Waals surface area contributed by atoms with Crippen molar-refractivity contribution in [2.45, 2.75) is 6.10 Å². The molecule has 1 rings (SSSR count). The van der Waals surface area contributed by atoms with Crippen LogP contribution in [0.4, 0.5) is 0 Å². The summed E-state index contributed by atoms with van der Waals surface area (Å²) in [6.07, 6.45) is 3.60. The minimum absolute atomic E-state index is 0.112. The molecule has 1 heterocycles. The molecular weight excluding hydrogens is 130 g/mol. The van der Waals surface area contributed by atoms with Gasteiger partial charge in [0.15, 0.2) is 6.54 Å². The zero-order chi connectivity index (χ0) is 7.56. The maximum atomic E-state index is 9.09. The summed E-state index contributed by atoms with van der Waals surface area (Å²) in [6, 6.07) is 0. The van der Waals surface area contributed by atoms with Crippen molar-refractivity contribution in [3.63, 3.8) is 0 Å². The van der Waals surface area contributed by atoms with E-state index in [0.717, 1.165) is 6.54 Å². The summed E-state index contributed by atoms with van der Waals surface area (Å²) >= 11 is 0. The molecule has 0 saturated carbocycles. The molecule has 10 heavy (non-hydrogen) atoms. The maximum absolute atomic E-state index is 9.09. The second-order valence-corrected chi connectivity index (χ2v) is 2.37. The second kappa shape index (κ2) is 2.84. The molecule has 0 aromatic heterocycles. The van der Waals surface area contributed by atoms with E-state index in [1.165, 1.54) is 0 Å². The fourth-order valence-electron chi connectivity index (χ4n) is 0.898. The van der Waals surface area contributed by atoms with E-state index in [9.17, 15) is 0 Å². The van der Waals surface area contributed by atoms with Gasteiger partial charge >= 0.3 is 5.90 Å². The lowest BCUT2D eigenvalue weighted by Crippen LogP contribution is -2.30. The van der Waals surface area contributed by atoms with Gasteiger partial charge in [-0.1, -0.05) is 0 Å². The zero-order valence-corrected chi connectivity index (χ0v) is 6.24. The van der Waals surface area contributed by atoms with Gasteiger partial charge in [0.1, 0.15) is 13.2 Å². The first kappa shape index (κ1) is 7.28. The number of ether oxygens (including phenoxy) is 1. The molecule has 0 fully saturated rings. The summed E-state index contributed by atoms with van der Waals surface area (Å²) in [4.78, 5) is 0. The molecule has 0 aromatic rings. The maximum Gasteiger partial charge on any atom is 0.359 e. The van der Waals surface area contributed by atoms with Gasteiger partial charge in [0.25, 0.3) is 0 Å². The Hall–Kier alpha value is -0.830. The van der Waals surface area contributed by atoms with Crippen molar-refractivity contribution in [3.05, 3.63) is 12.2 Å². The Morgan fingerprint density at radius 3 is 3.00 bits per heavy atom. The van der Waals surface area contributed by atoms with Crippen LogP contribution in [-0.2, 0) is 4.74 Å². The molecule has 3 nitrogen and oxygen atoms in total. The number of hydrogen-bond donors (Lipinski definition) is 1. The molecular formula is C7H12NO2+. The standard InChI is InChI=1S/C7H11NO2/c1-8-5-6(10-2)3-4-7(8)9/h3-4,6H,5H2,1-2H3/p+1. The highest BCUT2D eigenvalue weighted by Crippen LogP contribution is 1.98. The molecule has 1 aliphatic rings. The molecule has 56 valence electrons. The van der Waals surface area contributed by atoms with Crippen LogP contribution in [0.25, 0.3) is 0 Å². The van der Waals surface area contributed by atoms with Gasteiger partial charge in [-0.25, -0.2) is 0 Å². The van der Waals surface area contributed by atoms with E-state index in [4.69, 9.17) is 9.84 Å². The quantitative estimate of drug-likeness (QED) is 0.529. The fraction of sp³-hybridized carbons (Fsp3) is 0.571. The van der Waals surface area contributed by atoms with Crippen LogP contribution in [-0.4, -0.2) is 42.4 Å². The normalized spacial score (nSPS) is 25.6. The summed E-state index contributed by atoms with van der Waals surface area (Å²) in [5, 5.41) is 9.09. The smallest absolute Gasteiger partial charge is 0.359 e. The Morgan fingerprint density at radius 2 is 2.50 bits per heavy atom. The average molecular weight is 142 g/mol. The van der Waals surface area contributed by atoms with Crippen LogP contribution in [0.5, 0.6) is 0 Å². The number of hydrogen-bond acceptors (Lipinski definition) is 1. The van der Waals surface area contributed by atoms with Crippen molar-refractivity contribution in [1.29, 1.82) is 0 Å². The monoisotopic (exact) mass is 142 g/mol. The first-order valence-electron chi connectivity index (χ1n) is 3.22. The minimum atomic E-state index is 0.112. The van der Waals surface area contributed by atoms with Crippen molar-refractivity contribution in [2.75, 3.05) is 20.7 Å². The molecule has 0 saturated heterocycles. The first-order valence-corrected chi connectivity index (χ1v) is 3.22. The fourth-order valence-corrected chi connectivity index (χ4v) is 0.898. The van der Waals surface area contributed by atoms with E-state index in [0.29, 0.717) is 5.90 Å². The third-order valence-electron chi connectivity index (χ3n) is 1.61. The lowest BCUT2D eigenvalue weighted by molar-refractivity contribution is -0.513. The van der Waals surface area contributed by atoms with Gasteiger partial charge in [0, 0.05) is 13.2 Å². The highest BCUT2D eigenvalue weighted by molar-refractivity contribution is 5.81. The van der Waals surface area contributed by atoms with Gasteiger partial charge in [0.2, 0.25) is 0 Å². The zero-order valence-electron chi connectivity index (χ0n) is 6.24. The SMILES string of the molecule is COC1C=CC(O)=[N+](C)C1. The summed E-state index contributed by atoms with van der Waals surface area (Å²) in [7, 11) is 3.48. The summed E-state index contributed by atoms with van der Waals surface area (Å²) < 4.78 is 6.80. The third kappa shape index (κ3) is 1.36. The summed E-state index contributed by atoms with van der Waals surface area (Å²) in [6.45, 7) is 0.721. The second-order valence-electron chi connectivity index (χ2n) is 2.37. The molecule has 1 unspecified atom stereocenters. The molecule has 1 aliphatic heterocycles. The van der Waals surface area contributed by atoms with Gasteiger partial charge in [-0.2, -0.15) is 4.58 Å². The van der Waals surface area contributed by atoms with Crippen LogP contribution < -0.4 is 0 Å². The van der Waals surface area contributed by atoms with Crippen LogP contribution in [0.2, 0.25) is 0 Å². The Morgan fingerprint density at radius 1 is 1.80 bits per heavy atom. The van der Waals surface area contributed by atoms with Gasteiger partial charge in [0.05, 0.1) is 0 Å². The Kier molecular flexibility index (Phi) is 2.06. The van der Waals surface area contributed by atoms with E-state index in [-0.39, 0.29) is 6.10 Å². The largest absolute Gasteiger partial charge is 0.460 e. The lowest BCUT2D eigenvalue weighted by atomic mass is 10.2. The number of likely N-dealkylation sites (N-methyl/N-ethyl adjacent to an activating group) is 1. The molecule has 0 amide bonds. The molecule has 0 aliphatic carbocycles. The highest BCUT2D eigenvalue weighted by atomic mass is 16.5. The van der Waals surface area contributed by atoms with E-state index < -0.39 is 0 Å². The summed E-state index contributed by atoms with van der Waals surface area (Å²) in [5.74, 6) is 0.299. The molecule has 1 atom stereocenters. The Labute approximate surface area is 60.2 Å². The van der Waals surface area contributed by atoms with Crippen molar-refractivity contribution >= 4 is 5.90 Å². The highest BCUT2D eigenvalue weighted by Gasteiger charge is 2.17. The van der Waals surface area contributed by atoms with E-state index in [2.05, 4.69) is 0 Å². The van der Waals surface area contributed by atoms with E-state index >= 15 is 0 Å². The topological polar surface area (TPSA) is 32.5 Å². The van der Waals surface area contributed by atoms with Crippen molar-refractivity contribution in [2.24, 2.45) is 0 Å². The van der Waals surface area contributed by atoms with Crippen LogP contribution in [0.15, 0.2) is 12.2 Å². The molecule has 0 radical (unpaired) electrons. The molecule has 1 N–H and O–H groups in total.